The molecule has 0 spiro atoms. The molecule has 0 saturated carbocycles. The number of carboxylic acids is 1. The molecular weight excluding hydrogens is 270 g/mol. The minimum atomic E-state index is -1.03. The van der Waals surface area contributed by atoms with Crippen LogP contribution in [0.25, 0.3) is 0 Å². The molecule has 0 fully saturated rings. The third-order valence-corrected chi connectivity index (χ3v) is 3.47. The molecule has 6 nitrogen and oxygen atoms in total. The van der Waals surface area contributed by atoms with Crippen LogP contribution in [0.3, 0.4) is 0 Å². The van der Waals surface area contributed by atoms with Crippen molar-refractivity contribution >= 4 is 30.1 Å². The Bertz CT molecular complexity index is 285. The van der Waals surface area contributed by atoms with Crippen molar-refractivity contribution in [3.8, 4) is 0 Å². The van der Waals surface area contributed by atoms with Gasteiger partial charge in [-0.1, -0.05) is 6.42 Å². The van der Waals surface area contributed by atoms with Gasteiger partial charge in [-0.3, -0.25) is 9.59 Å². The van der Waals surface area contributed by atoms with Crippen LogP contribution in [0.1, 0.15) is 32.6 Å². The molecule has 0 heterocycles. The Morgan fingerprint density at radius 2 is 2.11 bits per heavy atom. The highest BCUT2D eigenvalue weighted by atomic mass is 32.2. The Balaban J connectivity index is 3.46. The van der Waals surface area contributed by atoms with Crippen LogP contribution in [0.15, 0.2) is 0 Å². The summed E-state index contributed by atoms with van der Waals surface area (Å²) in [7, 11) is 0. The van der Waals surface area contributed by atoms with Crippen LogP contribution in [-0.2, 0) is 19.1 Å². The third kappa shape index (κ3) is 10.4. The second-order valence-corrected chi connectivity index (χ2v) is 5.02. The molecule has 1 amide bonds. The van der Waals surface area contributed by atoms with Crippen LogP contribution in [0.5, 0.6) is 0 Å². The van der Waals surface area contributed by atoms with Crippen molar-refractivity contribution in [3.63, 3.8) is 0 Å². The summed E-state index contributed by atoms with van der Waals surface area (Å²) in [5.41, 5.74) is 0. The lowest BCUT2D eigenvalue weighted by atomic mass is 10.2. The van der Waals surface area contributed by atoms with E-state index in [1.807, 2.05) is 0 Å². The van der Waals surface area contributed by atoms with E-state index in [0.717, 1.165) is 25.0 Å². The first-order chi connectivity index (χ1) is 9.11. The Morgan fingerprint density at radius 1 is 1.37 bits per heavy atom. The van der Waals surface area contributed by atoms with Gasteiger partial charge >= 0.3 is 11.9 Å². The minimum Gasteiger partial charge on any atom is -0.480 e. The molecule has 2 N–H and O–H groups in total. The second-order valence-electron chi connectivity index (χ2n) is 3.87. The molecular formula is C12H21NO5S. The number of aliphatic carboxylic acids is 1. The quantitative estimate of drug-likeness (QED) is 0.317. The summed E-state index contributed by atoms with van der Waals surface area (Å²) in [5, 5.41) is 11.0. The predicted molar refractivity (Wildman–Crippen MR) is 73.0 cm³/mol. The lowest BCUT2D eigenvalue weighted by Crippen LogP contribution is -2.37. The average molecular weight is 291 g/mol. The zero-order valence-electron chi connectivity index (χ0n) is 11.1. The van der Waals surface area contributed by atoms with Crippen LogP contribution < -0.4 is 5.32 Å². The zero-order chi connectivity index (χ0) is 14.5. The largest absolute Gasteiger partial charge is 0.480 e. The number of unbranched alkanes of at least 4 members (excludes halogenated alkanes) is 2. The highest BCUT2D eigenvalue weighted by Gasteiger charge is 2.15. The molecule has 0 aliphatic rings. The number of nitrogens with one attached hydrogen (secondary N) is 1. The Hall–Kier alpha value is -1.24. The van der Waals surface area contributed by atoms with Crippen LogP contribution in [0.4, 0.5) is 0 Å². The number of carbonyl (C=O) groups is 3. The van der Waals surface area contributed by atoms with E-state index in [4.69, 9.17) is 9.84 Å². The number of ether oxygens (including phenoxy) is 1. The van der Waals surface area contributed by atoms with E-state index in [-0.39, 0.29) is 5.97 Å². The minimum absolute atomic E-state index is 0.170. The molecule has 0 radical (unpaired) electrons. The molecule has 0 saturated heterocycles. The molecule has 7 heteroatoms. The van der Waals surface area contributed by atoms with Crippen molar-refractivity contribution in [1.29, 1.82) is 0 Å². The van der Waals surface area contributed by atoms with Gasteiger partial charge in [-0.25, -0.2) is 4.79 Å². The molecule has 0 bridgehead atoms. The summed E-state index contributed by atoms with van der Waals surface area (Å²) in [6, 6.07) is -0.831. The first-order valence-corrected chi connectivity index (χ1v) is 7.43. The van der Waals surface area contributed by atoms with Gasteiger partial charge in [0.05, 0.1) is 6.61 Å². The van der Waals surface area contributed by atoms with E-state index < -0.39 is 12.0 Å². The van der Waals surface area contributed by atoms with Gasteiger partial charge in [-0.05, 0) is 25.5 Å². The lowest BCUT2D eigenvalue weighted by Gasteiger charge is -2.10. The summed E-state index contributed by atoms with van der Waals surface area (Å²) in [5.74, 6) is -0.0304. The molecule has 0 aromatic heterocycles. The fourth-order valence-corrected chi connectivity index (χ4v) is 2.41. The molecule has 110 valence electrons. The van der Waals surface area contributed by atoms with E-state index in [1.165, 1.54) is 11.8 Å². The van der Waals surface area contributed by atoms with Crippen molar-refractivity contribution in [3.05, 3.63) is 0 Å². The molecule has 1 atom stereocenters. The smallest absolute Gasteiger partial charge is 0.327 e. The van der Waals surface area contributed by atoms with Gasteiger partial charge in [-0.15, -0.1) is 0 Å². The Labute approximate surface area is 117 Å². The second kappa shape index (κ2) is 11.8. The number of rotatable bonds is 12. The summed E-state index contributed by atoms with van der Waals surface area (Å²) in [6.07, 6.45) is 3.44. The molecule has 0 aliphatic heterocycles. The molecule has 1 unspecified atom stereocenters. The number of thioether (sulfide) groups is 1. The van der Waals surface area contributed by atoms with Crippen molar-refractivity contribution in [2.75, 3.05) is 18.1 Å². The number of amides is 1. The van der Waals surface area contributed by atoms with E-state index in [2.05, 4.69) is 5.32 Å². The summed E-state index contributed by atoms with van der Waals surface area (Å²) < 4.78 is 4.80. The fourth-order valence-electron chi connectivity index (χ4n) is 1.36. The van der Waals surface area contributed by atoms with Gasteiger partial charge in [0.25, 0.3) is 0 Å². The van der Waals surface area contributed by atoms with E-state index >= 15 is 0 Å². The topological polar surface area (TPSA) is 92.7 Å². The van der Waals surface area contributed by atoms with Gasteiger partial charge in [-0.2, -0.15) is 11.8 Å². The van der Waals surface area contributed by atoms with Crippen LogP contribution in [0, 0.1) is 0 Å². The zero-order valence-corrected chi connectivity index (χ0v) is 11.9. The van der Waals surface area contributed by atoms with E-state index in [1.54, 1.807) is 6.92 Å². The maximum atomic E-state index is 11.0. The summed E-state index contributed by atoms with van der Waals surface area (Å²) >= 11 is 1.48. The first-order valence-electron chi connectivity index (χ1n) is 6.27. The highest BCUT2D eigenvalue weighted by molar-refractivity contribution is 7.99. The standard InChI is InChI=1S/C12H21NO5S/c1-2-18-11(15)6-4-3-5-7-19-8-10(12(16)17)13-9-14/h9-10H,2-8H2,1H3,(H,13,14)(H,16,17). The van der Waals surface area contributed by atoms with Crippen LogP contribution in [0.2, 0.25) is 0 Å². The Kier molecular flexibility index (Phi) is 11.1. The summed E-state index contributed by atoms with van der Waals surface area (Å²) in [4.78, 5) is 31.9. The molecule has 0 aromatic rings. The highest BCUT2D eigenvalue weighted by Crippen LogP contribution is 2.09. The predicted octanol–water partition coefficient (Wildman–Crippen LogP) is 1.04. The van der Waals surface area contributed by atoms with Gasteiger partial charge in [0.15, 0.2) is 0 Å². The van der Waals surface area contributed by atoms with Crippen molar-refractivity contribution in [2.45, 2.75) is 38.6 Å². The van der Waals surface area contributed by atoms with Crippen LogP contribution in [-0.4, -0.2) is 47.6 Å². The molecule has 19 heavy (non-hydrogen) atoms. The SMILES string of the molecule is CCOC(=O)CCCCCSCC(NC=O)C(=O)O. The number of hydrogen-bond donors (Lipinski definition) is 2. The number of carbonyl (C=O) groups excluding carboxylic acids is 2. The fraction of sp³-hybridized carbons (Fsp3) is 0.750. The first kappa shape index (κ1) is 17.8. The third-order valence-electron chi connectivity index (χ3n) is 2.33. The van der Waals surface area contributed by atoms with Gasteiger partial charge in [0.1, 0.15) is 6.04 Å². The summed E-state index contributed by atoms with van der Waals surface area (Å²) in [6.45, 7) is 2.19. The van der Waals surface area contributed by atoms with Gasteiger partial charge < -0.3 is 15.2 Å². The van der Waals surface area contributed by atoms with Gasteiger partial charge in [0, 0.05) is 12.2 Å². The maximum absolute atomic E-state index is 11.0. The lowest BCUT2D eigenvalue weighted by molar-refractivity contribution is -0.143. The van der Waals surface area contributed by atoms with Crippen LogP contribution >= 0.6 is 11.8 Å². The van der Waals surface area contributed by atoms with E-state index in [0.29, 0.717) is 25.2 Å². The molecule has 0 rings (SSSR count). The number of carboxylic acid groups (broad SMARTS) is 1. The Morgan fingerprint density at radius 3 is 2.68 bits per heavy atom. The number of hydrogen-bond acceptors (Lipinski definition) is 5. The molecule has 0 aliphatic carbocycles. The number of esters is 1. The molecule has 0 aromatic carbocycles. The van der Waals surface area contributed by atoms with Crippen molar-refractivity contribution in [1.82, 2.24) is 5.32 Å². The van der Waals surface area contributed by atoms with Crippen molar-refractivity contribution < 1.29 is 24.2 Å². The maximum Gasteiger partial charge on any atom is 0.327 e. The van der Waals surface area contributed by atoms with E-state index in [9.17, 15) is 14.4 Å². The van der Waals surface area contributed by atoms with Crippen molar-refractivity contribution in [2.24, 2.45) is 0 Å². The monoisotopic (exact) mass is 291 g/mol. The van der Waals surface area contributed by atoms with Gasteiger partial charge in [0.2, 0.25) is 6.41 Å². The normalized spacial score (nSPS) is 11.6. The average Bonchev–Trinajstić information content (AvgIpc) is 2.36.